The third-order valence-electron chi connectivity index (χ3n) is 12.0. The first-order valence-corrected chi connectivity index (χ1v) is 28.4. The van der Waals surface area contributed by atoms with Gasteiger partial charge in [0.2, 0.25) is 5.91 Å². The second-order valence-electron chi connectivity index (χ2n) is 18.6. The first-order valence-electron chi connectivity index (χ1n) is 28.4. The van der Waals surface area contributed by atoms with Crippen LogP contribution in [0.15, 0.2) is 134 Å². The number of aliphatic hydroxyl groups excluding tert-OH is 2. The predicted octanol–water partition coefficient (Wildman–Crippen LogP) is 17.8. The maximum absolute atomic E-state index is 13.2. The second kappa shape index (κ2) is 55.9. The molecule has 0 aliphatic heterocycles. The van der Waals surface area contributed by atoms with Crippen LogP contribution in [0.4, 0.5) is 0 Å². The van der Waals surface area contributed by atoms with Crippen molar-refractivity contribution >= 4 is 11.9 Å². The van der Waals surface area contributed by atoms with Crippen molar-refractivity contribution in [2.75, 3.05) is 6.61 Å². The molecule has 0 aromatic heterocycles. The van der Waals surface area contributed by atoms with Gasteiger partial charge in [-0.15, -0.1) is 0 Å². The number of allylic oxidation sites excluding steroid dienone is 21. The van der Waals surface area contributed by atoms with E-state index >= 15 is 0 Å². The van der Waals surface area contributed by atoms with Crippen LogP contribution in [0.5, 0.6) is 0 Å². The zero-order valence-corrected chi connectivity index (χ0v) is 45.1. The maximum Gasteiger partial charge on any atom is 0.306 e. The Morgan fingerprint density at radius 3 is 1.20 bits per heavy atom. The molecular formula is C64H105NO5. The van der Waals surface area contributed by atoms with Crippen LogP contribution in [-0.4, -0.2) is 46.9 Å². The van der Waals surface area contributed by atoms with Crippen LogP contribution in [0.2, 0.25) is 0 Å². The van der Waals surface area contributed by atoms with Crippen molar-refractivity contribution in [1.29, 1.82) is 0 Å². The van der Waals surface area contributed by atoms with Gasteiger partial charge in [0.1, 0.15) is 6.10 Å². The lowest BCUT2D eigenvalue weighted by molar-refractivity contribution is -0.148. The SMILES string of the molecule is CC/C=C\C/C=C\C/C=C\C/C=C\C/C=C\C/C=C\C(CC(=O)NC(CO)C(O)CCCCCCCCCCCCCCCCC)OC(=O)CCCCC/C=C\C/C=C\C/C=C\C/C=C\C/C=C\CC. The minimum absolute atomic E-state index is 0.0693. The number of esters is 1. The Balaban J connectivity index is 4.82. The lowest BCUT2D eigenvalue weighted by Crippen LogP contribution is -2.46. The van der Waals surface area contributed by atoms with Crippen molar-refractivity contribution in [3.05, 3.63) is 134 Å². The van der Waals surface area contributed by atoms with Crippen LogP contribution in [0, 0.1) is 0 Å². The van der Waals surface area contributed by atoms with E-state index in [9.17, 15) is 19.8 Å². The molecule has 3 N–H and O–H groups in total. The summed E-state index contributed by atoms with van der Waals surface area (Å²) < 4.78 is 5.83. The standard InChI is InChI=1S/C64H105NO5/c1-4-7-10-13-16-19-22-25-28-30-31-33-36-39-42-45-48-51-54-57-64(69)70-60(55-52-49-46-43-40-37-35-32-29-26-23-20-17-14-11-8-5-2)58-63(68)65-61(59-66)62(67)56-53-50-47-44-41-38-34-27-24-21-18-15-12-9-6-3/h7-8,10-11,16-17,19-20,25-26,28-29,31,33,35,37,39,42-43,46,52,55,60-62,66-67H,4-6,9,12-15,18,21-24,27,30,32,34,36,38,40-41,44-45,47-51,53-54,56-59H2,1-3H3,(H,65,68)/b10-7-,11-8-,19-16-,20-17-,28-25-,29-26-,33-31-,37-35-,42-39-,46-43-,55-52-. The Labute approximate surface area is 431 Å². The molecule has 1 amide bonds. The molecule has 0 aliphatic rings. The second-order valence-corrected chi connectivity index (χ2v) is 18.6. The van der Waals surface area contributed by atoms with Crippen molar-refractivity contribution in [3.63, 3.8) is 0 Å². The molecule has 3 unspecified atom stereocenters. The molecule has 0 aromatic rings. The lowest BCUT2D eigenvalue weighted by atomic mass is 10.0. The van der Waals surface area contributed by atoms with Crippen LogP contribution in [0.3, 0.4) is 0 Å². The summed E-state index contributed by atoms with van der Waals surface area (Å²) in [4.78, 5) is 26.2. The highest BCUT2D eigenvalue weighted by molar-refractivity contribution is 5.78. The number of nitrogens with one attached hydrogen (secondary N) is 1. The van der Waals surface area contributed by atoms with E-state index < -0.39 is 18.2 Å². The minimum Gasteiger partial charge on any atom is -0.458 e. The Bertz CT molecular complexity index is 1510. The van der Waals surface area contributed by atoms with Gasteiger partial charge in [0, 0.05) is 6.42 Å². The quantitative estimate of drug-likeness (QED) is 0.0321. The number of hydrogen-bond donors (Lipinski definition) is 3. The van der Waals surface area contributed by atoms with E-state index in [1.165, 1.54) is 77.0 Å². The molecule has 0 aromatic carbocycles. The fourth-order valence-corrected chi connectivity index (χ4v) is 7.75. The fraction of sp³-hybridized carbons (Fsp3) is 0.625. The van der Waals surface area contributed by atoms with Crippen LogP contribution in [0.25, 0.3) is 0 Å². The van der Waals surface area contributed by atoms with E-state index in [1.54, 1.807) is 6.08 Å². The van der Waals surface area contributed by atoms with Crippen molar-refractivity contribution in [2.24, 2.45) is 0 Å². The van der Waals surface area contributed by atoms with Gasteiger partial charge in [0.05, 0.1) is 25.2 Å². The highest BCUT2D eigenvalue weighted by Gasteiger charge is 2.23. The first kappa shape index (κ1) is 66.0. The normalized spacial score (nSPS) is 14.2. The number of ether oxygens (including phenoxy) is 1. The van der Waals surface area contributed by atoms with Gasteiger partial charge in [-0.1, -0.05) is 251 Å². The van der Waals surface area contributed by atoms with Gasteiger partial charge in [-0.2, -0.15) is 0 Å². The van der Waals surface area contributed by atoms with E-state index in [0.717, 1.165) is 109 Å². The molecule has 0 saturated heterocycles. The van der Waals surface area contributed by atoms with Gasteiger partial charge >= 0.3 is 5.97 Å². The summed E-state index contributed by atoms with van der Waals surface area (Å²) >= 11 is 0. The fourth-order valence-electron chi connectivity index (χ4n) is 7.75. The largest absolute Gasteiger partial charge is 0.458 e. The third kappa shape index (κ3) is 50.4. The molecule has 0 rings (SSSR count). The van der Waals surface area contributed by atoms with E-state index in [4.69, 9.17) is 4.74 Å². The van der Waals surface area contributed by atoms with Crippen LogP contribution < -0.4 is 5.32 Å². The smallest absolute Gasteiger partial charge is 0.306 e. The highest BCUT2D eigenvalue weighted by Crippen LogP contribution is 2.16. The molecule has 0 bridgehead atoms. The van der Waals surface area contributed by atoms with E-state index in [2.05, 4.69) is 148 Å². The van der Waals surface area contributed by atoms with Gasteiger partial charge in [-0.05, 0) is 102 Å². The zero-order valence-electron chi connectivity index (χ0n) is 45.1. The number of carbonyl (C=O) groups excluding carboxylic acids is 2. The number of amides is 1. The molecule has 70 heavy (non-hydrogen) atoms. The summed E-state index contributed by atoms with van der Waals surface area (Å²) in [5, 5.41) is 23.8. The van der Waals surface area contributed by atoms with Crippen molar-refractivity contribution < 1.29 is 24.5 Å². The summed E-state index contributed by atoms with van der Waals surface area (Å²) in [7, 11) is 0. The van der Waals surface area contributed by atoms with Crippen LogP contribution in [-0.2, 0) is 14.3 Å². The molecule has 0 saturated carbocycles. The predicted molar refractivity (Wildman–Crippen MR) is 305 cm³/mol. The summed E-state index contributed by atoms with van der Waals surface area (Å²) in [5.74, 6) is -0.678. The van der Waals surface area contributed by atoms with Gasteiger partial charge < -0.3 is 20.3 Å². The molecule has 0 heterocycles. The summed E-state index contributed by atoms with van der Waals surface area (Å²) in [5.41, 5.74) is 0. The number of rotatable bonds is 49. The summed E-state index contributed by atoms with van der Waals surface area (Å²) in [6, 6.07) is -0.760. The van der Waals surface area contributed by atoms with E-state index in [-0.39, 0.29) is 24.9 Å². The number of carbonyl (C=O) groups is 2. The molecule has 0 fully saturated rings. The Morgan fingerprint density at radius 2 is 0.800 bits per heavy atom. The van der Waals surface area contributed by atoms with E-state index in [0.29, 0.717) is 19.3 Å². The number of hydrogen-bond acceptors (Lipinski definition) is 5. The average molecular weight is 969 g/mol. The topological polar surface area (TPSA) is 95.9 Å². The molecule has 0 spiro atoms. The van der Waals surface area contributed by atoms with Crippen molar-refractivity contribution in [2.45, 2.75) is 251 Å². The van der Waals surface area contributed by atoms with Gasteiger partial charge in [-0.25, -0.2) is 0 Å². The molecule has 0 radical (unpaired) electrons. The van der Waals surface area contributed by atoms with E-state index in [1.807, 2.05) is 6.08 Å². The average Bonchev–Trinajstić information content (AvgIpc) is 3.35. The summed E-state index contributed by atoms with van der Waals surface area (Å²) in [6.07, 6.45) is 79.7. The number of aliphatic hydroxyl groups is 2. The molecule has 3 atom stereocenters. The van der Waals surface area contributed by atoms with Gasteiger partial charge in [0.25, 0.3) is 0 Å². The highest BCUT2D eigenvalue weighted by atomic mass is 16.5. The Morgan fingerprint density at radius 1 is 0.443 bits per heavy atom. The molecule has 6 nitrogen and oxygen atoms in total. The first-order chi connectivity index (χ1) is 34.5. The van der Waals surface area contributed by atoms with Gasteiger partial charge in [0.15, 0.2) is 0 Å². The Kier molecular flexibility index (Phi) is 52.7. The number of unbranched alkanes of at least 4 members (excludes halogenated alkanes) is 17. The third-order valence-corrected chi connectivity index (χ3v) is 12.0. The monoisotopic (exact) mass is 968 g/mol. The van der Waals surface area contributed by atoms with Crippen molar-refractivity contribution in [1.82, 2.24) is 5.32 Å². The summed E-state index contributed by atoms with van der Waals surface area (Å²) in [6.45, 7) is 6.22. The van der Waals surface area contributed by atoms with Crippen LogP contribution >= 0.6 is 0 Å². The van der Waals surface area contributed by atoms with Crippen molar-refractivity contribution in [3.8, 4) is 0 Å². The Hall–Kier alpha value is -4.00. The zero-order chi connectivity index (χ0) is 50.9. The van der Waals surface area contributed by atoms with Crippen LogP contribution in [0.1, 0.15) is 233 Å². The molecular weight excluding hydrogens is 863 g/mol. The molecule has 6 heteroatoms. The lowest BCUT2D eigenvalue weighted by Gasteiger charge is -2.23. The van der Waals surface area contributed by atoms with Gasteiger partial charge in [-0.3, -0.25) is 9.59 Å². The maximum atomic E-state index is 13.2. The molecule has 0 aliphatic carbocycles. The molecule has 396 valence electrons. The minimum atomic E-state index is -0.836.